The predicted octanol–water partition coefficient (Wildman–Crippen LogP) is 1.91. The molecule has 1 aliphatic heterocycles. The average molecular weight is 357 g/mol. The number of benzene rings is 1. The molecule has 1 atom stereocenters. The number of nitrogens with zero attached hydrogens (tertiary/aromatic N) is 1. The molecule has 0 radical (unpaired) electrons. The van der Waals surface area contributed by atoms with Crippen molar-refractivity contribution in [2.45, 2.75) is 51.5 Å². The Morgan fingerprint density at radius 3 is 2.54 bits per heavy atom. The first-order valence-electron chi connectivity index (χ1n) is 9.47. The Bertz CT molecular complexity index is 665. The summed E-state index contributed by atoms with van der Waals surface area (Å²) in [4.78, 5) is 38.1. The van der Waals surface area contributed by atoms with E-state index in [1.165, 1.54) is 12.8 Å². The molecule has 1 aromatic rings. The Morgan fingerprint density at radius 2 is 1.85 bits per heavy atom. The number of carbonyl (C=O) groups is 3. The fourth-order valence-electron chi connectivity index (χ4n) is 3.67. The monoisotopic (exact) mass is 357 g/mol. The van der Waals surface area contributed by atoms with E-state index in [2.05, 4.69) is 10.6 Å². The number of anilines is 1. The summed E-state index contributed by atoms with van der Waals surface area (Å²) >= 11 is 0. The van der Waals surface area contributed by atoms with Crippen LogP contribution in [0.25, 0.3) is 0 Å². The topological polar surface area (TPSA) is 78.5 Å². The van der Waals surface area contributed by atoms with Crippen LogP contribution in [0.15, 0.2) is 24.3 Å². The lowest BCUT2D eigenvalue weighted by Gasteiger charge is -2.17. The van der Waals surface area contributed by atoms with Gasteiger partial charge in [0.25, 0.3) is 0 Å². The van der Waals surface area contributed by atoms with Crippen LogP contribution in [0.5, 0.6) is 0 Å². The van der Waals surface area contributed by atoms with Crippen LogP contribution in [0, 0.1) is 12.8 Å². The molecular formula is C20H27N3O3. The third-order valence-electron chi connectivity index (χ3n) is 5.21. The van der Waals surface area contributed by atoms with E-state index in [0.29, 0.717) is 19.1 Å². The zero-order valence-corrected chi connectivity index (χ0v) is 15.3. The molecule has 1 aromatic carbocycles. The van der Waals surface area contributed by atoms with Gasteiger partial charge in [-0.15, -0.1) is 0 Å². The summed E-state index contributed by atoms with van der Waals surface area (Å²) in [6, 6.07) is 8.02. The van der Waals surface area contributed by atoms with Crippen molar-refractivity contribution >= 4 is 23.4 Å². The van der Waals surface area contributed by atoms with Gasteiger partial charge in [-0.05, 0) is 31.9 Å². The Hall–Kier alpha value is -2.37. The molecule has 0 aromatic heterocycles. The highest BCUT2D eigenvalue weighted by Crippen LogP contribution is 2.25. The van der Waals surface area contributed by atoms with Gasteiger partial charge in [-0.1, -0.05) is 30.5 Å². The lowest BCUT2D eigenvalue weighted by atomic mass is 10.1. The quantitative estimate of drug-likeness (QED) is 0.816. The number of hydrogen-bond acceptors (Lipinski definition) is 3. The van der Waals surface area contributed by atoms with Gasteiger partial charge in [0.05, 0.1) is 5.92 Å². The lowest BCUT2D eigenvalue weighted by molar-refractivity contribution is -0.126. The van der Waals surface area contributed by atoms with E-state index in [4.69, 9.17) is 0 Å². The van der Waals surface area contributed by atoms with E-state index >= 15 is 0 Å². The van der Waals surface area contributed by atoms with Crippen LogP contribution in [0.3, 0.4) is 0 Å². The maximum Gasteiger partial charge on any atom is 0.227 e. The van der Waals surface area contributed by atoms with Gasteiger partial charge in [-0.25, -0.2) is 0 Å². The molecule has 0 bridgehead atoms. The maximum absolute atomic E-state index is 12.3. The second-order valence-electron chi connectivity index (χ2n) is 7.33. The standard InChI is InChI=1S/C20H27N3O3/c1-14-6-8-17(9-7-14)23-13-15(12-19(23)25)20(26)21-11-10-18(24)22-16-4-2-3-5-16/h6-9,15-16H,2-5,10-13H2,1H3,(H,21,26)(H,22,24). The van der Waals surface area contributed by atoms with E-state index in [-0.39, 0.29) is 36.5 Å². The summed E-state index contributed by atoms with van der Waals surface area (Å²) in [5, 5.41) is 5.81. The van der Waals surface area contributed by atoms with E-state index in [1.54, 1.807) is 4.90 Å². The van der Waals surface area contributed by atoms with Crippen LogP contribution < -0.4 is 15.5 Å². The third-order valence-corrected chi connectivity index (χ3v) is 5.21. The SMILES string of the molecule is Cc1ccc(N2CC(C(=O)NCCC(=O)NC3CCCC3)CC2=O)cc1. The van der Waals surface area contributed by atoms with Crippen molar-refractivity contribution in [3.8, 4) is 0 Å². The van der Waals surface area contributed by atoms with Gasteiger partial charge in [-0.2, -0.15) is 0 Å². The van der Waals surface area contributed by atoms with Crippen molar-refractivity contribution < 1.29 is 14.4 Å². The first-order chi connectivity index (χ1) is 12.5. The molecule has 1 heterocycles. The van der Waals surface area contributed by atoms with Crippen LogP contribution >= 0.6 is 0 Å². The molecule has 6 heteroatoms. The first kappa shape index (κ1) is 18.4. The number of carbonyl (C=O) groups excluding carboxylic acids is 3. The molecule has 26 heavy (non-hydrogen) atoms. The Kier molecular flexibility index (Phi) is 5.91. The van der Waals surface area contributed by atoms with Crippen LogP contribution in [-0.4, -0.2) is 36.9 Å². The number of hydrogen-bond donors (Lipinski definition) is 2. The summed E-state index contributed by atoms with van der Waals surface area (Å²) in [7, 11) is 0. The van der Waals surface area contributed by atoms with Crippen LogP contribution in [0.4, 0.5) is 5.69 Å². The molecule has 0 spiro atoms. The minimum Gasteiger partial charge on any atom is -0.355 e. The number of amides is 3. The van der Waals surface area contributed by atoms with Crippen molar-refractivity contribution in [3.05, 3.63) is 29.8 Å². The van der Waals surface area contributed by atoms with Crippen molar-refractivity contribution in [3.63, 3.8) is 0 Å². The summed E-state index contributed by atoms with van der Waals surface area (Å²) < 4.78 is 0. The number of nitrogens with one attached hydrogen (secondary N) is 2. The highest BCUT2D eigenvalue weighted by molar-refractivity contribution is 6.00. The fraction of sp³-hybridized carbons (Fsp3) is 0.550. The van der Waals surface area contributed by atoms with Crippen molar-refractivity contribution in [2.24, 2.45) is 5.92 Å². The van der Waals surface area contributed by atoms with Crippen molar-refractivity contribution in [1.82, 2.24) is 10.6 Å². The smallest absolute Gasteiger partial charge is 0.227 e. The van der Waals surface area contributed by atoms with E-state index in [0.717, 1.165) is 24.1 Å². The van der Waals surface area contributed by atoms with Gasteiger partial charge in [0, 0.05) is 37.7 Å². The van der Waals surface area contributed by atoms with E-state index < -0.39 is 0 Å². The van der Waals surface area contributed by atoms with Crippen LogP contribution in [0.2, 0.25) is 0 Å². The Balaban J connectivity index is 1.43. The highest BCUT2D eigenvalue weighted by atomic mass is 16.2. The lowest BCUT2D eigenvalue weighted by Crippen LogP contribution is -2.37. The van der Waals surface area contributed by atoms with Gasteiger partial charge in [0.15, 0.2) is 0 Å². The molecule has 2 fully saturated rings. The van der Waals surface area contributed by atoms with Crippen molar-refractivity contribution in [2.75, 3.05) is 18.0 Å². The van der Waals surface area contributed by atoms with Crippen molar-refractivity contribution in [1.29, 1.82) is 0 Å². The summed E-state index contributed by atoms with van der Waals surface area (Å²) in [6.07, 6.45) is 4.95. The molecule has 2 aliphatic rings. The summed E-state index contributed by atoms with van der Waals surface area (Å²) in [6.45, 7) is 2.70. The zero-order chi connectivity index (χ0) is 18.5. The molecule has 140 valence electrons. The predicted molar refractivity (Wildman–Crippen MR) is 99.7 cm³/mol. The minimum absolute atomic E-state index is 0.0130. The average Bonchev–Trinajstić information content (AvgIpc) is 3.25. The molecule has 2 N–H and O–H groups in total. The molecular weight excluding hydrogens is 330 g/mol. The van der Waals surface area contributed by atoms with E-state index in [9.17, 15) is 14.4 Å². The molecule has 3 amide bonds. The molecule has 1 saturated carbocycles. The van der Waals surface area contributed by atoms with Gasteiger partial charge in [-0.3, -0.25) is 14.4 Å². The summed E-state index contributed by atoms with van der Waals surface area (Å²) in [5.41, 5.74) is 1.96. The highest BCUT2D eigenvalue weighted by Gasteiger charge is 2.35. The minimum atomic E-state index is -0.360. The van der Waals surface area contributed by atoms with E-state index in [1.807, 2.05) is 31.2 Å². The van der Waals surface area contributed by atoms with Gasteiger partial charge < -0.3 is 15.5 Å². The van der Waals surface area contributed by atoms with Crippen LogP contribution in [0.1, 0.15) is 44.1 Å². The third kappa shape index (κ3) is 4.62. The molecule has 1 saturated heterocycles. The largest absolute Gasteiger partial charge is 0.355 e. The Morgan fingerprint density at radius 1 is 1.15 bits per heavy atom. The van der Waals surface area contributed by atoms with Gasteiger partial charge in [0.1, 0.15) is 0 Å². The normalized spacial score (nSPS) is 20.4. The number of rotatable bonds is 6. The van der Waals surface area contributed by atoms with Gasteiger partial charge in [0.2, 0.25) is 17.7 Å². The molecule has 3 rings (SSSR count). The second kappa shape index (κ2) is 8.34. The number of aryl methyl sites for hydroxylation is 1. The summed E-state index contributed by atoms with van der Waals surface area (Å²) in [5.74, 6) is -0.558. The van der Waals surface area contributed by atoms with Crippen LogP contribution in [-0.2, 0) is 14.4 Å². The first-order valence-corrected chi connectivity index (χ1v) is 9.47. The molecule has 6 nitrogen and oxygen atoms in total. The second-order valence-corrected chi connectivity index (χ2v) is 7.33. The maximum atomic E-state index is 12.3. The molecule has 1 unspecified atom stereocenters. The van der Waals surface area contributed by atoms with Gasteiger partial charge >= 0.3 is 0 Å². The zero-order valence-electron chi connectivity index (χ0n) is 15.3. The fourth-order valence-corrected chi connectivity index (χ4v) is 3.67. The Labute approximate surface area is 154 Å². The molecule has 1 aliphatic carbocycles.